The number of carbonyl (C=O) groups is 2. The largest absolute Gasteiger partial charge is 0.426 e. The van der Waals surface area contributed by atoms with Gasteiger partial charge in [-0.2, -0.15) is 13.2 Å². The van der Waals surface area contributed by atoms with Crippen molar-refractivity contribution in [1.82, 2.24) is 0 Å². The summed E-state index contributed by atoms with van der Waals surface area (Å²) in [6.07, 6.45) is -6.94. The summed E-state index contributed by atoms with van der Waals surface area (Å²) in [6, 6.07) is 9.29. The molecule has 176 valence electrons. The van der Waals surface area contributed by atoms with Crippen molar-refractivity contribution in [2.24, 2.45) is 5.16 Å². The predicted molar refractivity (Wildman–Crippen MR) is 112 cm³/mol. The maximum absolute atomic E-state index is 14.3. The summed E-state index contributed by atoms with van der Waals surface area (Å²) < 4.78 is 56.1. The molecule has 0 aromatic heterocycles. The summed E-state index contributed by atoms with van der Waals surface area (Å²) in [6.45, 7) is 4.19. The Kier molecular flexibility index (Phi) is 6.34. The van der Waals surface area contributed by atoms with Gasteiger partial charge < -0.3 is 15.3 Å². The second-order valence-corrected chi connectivity index (χ2v) is 8.49. The Balaban J connectivity index is 1.94. The third-order valence-corrected chi connectivity index (χ3v) is 5.58. The first-order chi connectivity index (χ1) is 15.3. The average Bonchev–Trinajstić information content (AvgIpc) is 2.73. The van der Waals surface area contributed by atoms with Gasteiger partial charge in [-0.25, -0.2) is 4.39 Å². The van der Waals surface area contributed by atoms with Crippen LogP contribution in [0.2, 0.25) is 0 Å². The van der Waals surface area contributed by atoms with Crippen molar-refractivity contribution >= 4 is 23.6 Å². The molecular weight excluding hydrogens is 444 g/mol. The Bertz CT molecular complexity index is 1110. The predicted octanol–water partition coefficient (Wildman–Crippen LogP) is 4.42. The zero-order valence-corrected chi connectivity index (χ0v) is 18.0. The van der Waals surface area contributed by atoms with E-state index in [1.165, 1.54) is 50.2 Å². The molecule has 1 aliphatic rings. The Hall–Kier alpha value is -3.27. The van der Waals surface area contributed by atoms with E-state index in [4.69, 9.17) is 4.84 Å². The second kappa shape index (κ2) is 8.58. The number of hydrogen-bond acceptors (Lipinski definition) is 5. The van der Waals surface area contributed by atoms with E-state index in [0.717, 1.165) is 6.07 Å². The number of hydrogen-bond donors (Lipinski definition) is 2. The maximum atomic E-state index is 14.3. The number of nitrogens with one attached hydrogen (secondary N) is 1. The lowest BCUT2D eigenvalue weighted by Gasteiger charge is -2.36. The van der Waals surface area contributed by atoms with Crippen LogP contribution < -0.4 is 5.32 Å². The zero-order chi connectivity index (χ0) is 24.6. The van der Waals surface area contributed by atoms with E-state index >= 15 is 0 Å². The van der Waals surface area contributed by atoms with Crippen LogP contribution in [-0.2, 0) is 19.8 Å². The lowest BCUT2D eigenvalue weighted by atomic mass is 9.74. The van der Waals surface area contributed by atoms with E-state index < -0.39 is 41.4 Å². The van der Waals surface area contributed by atoms with Crippen molar-refractivity contribution in [3.63, 3.8) is 0 Å². The highest BCUT2D eigenvalue weighted by molar-refractivity contribution is 6.03. The molecule has 33 heavy (non-hydrogen) atoms. The first kappa shape index (κ1) is 24.4. The van der Waals surface area contributed by atoms with Crippen molar-refractivity contribution in [2.75, 3.05) is 5.32 Å². The van der Waals surface area contributed by atoms with Gasteiger partial charge in [-0.05, 0) is 36.1 Å². The summed E-state index contributed by atoms with van der Waals surface area (Å²) in [4.78, 5) is 28.9. The molecule has 2 atom stereocenters. The van der Waals surface area contributed by atoms with Gasteiger partial charge in [0.1, 0.15) is 5.82 Å². The summed E-state index contributed by atoms with van der Waals surface area (Å²) >= 11 is 0. The quantitative estimate of drug-likeness (QED) is 0.487. The minimum Gasteiger partial charge on any atom is -0.380 e. The number of aliphatic hydroxyl groups is 1. The monoisotopic (exact) mass is 466 g/mol. The number of oxime groups is 1. The number of amides is 1. The highest BCUT2D eigenvalue weighted by Crippen LogP contribution is 2.42. The number of benzene rings is 2. The smallest absolute Gasteiger partial charge is 0.380 e. The molecule has 1 heterocycles. The summed E-state index contributed by atoms with van der Waals surface area (Å²) in [5.41, 5.74) is -4.29. The van der Waals surface area contributed by atoms with Gasteiger partial charge in [-0.3, -0.25) is 9.59 Å². The van der Waals surface area contributed by atoms with E-state index in [1.54, 1.807) is 6.92 Å². The Morgan fingerprint density at radius 2 is 1.88 bits per heavy atom. The molecule has 0 radical (unpaired) electrons. The fourth-order valence-electron chi connectivity index (χ4n) is 3.82. The Labute approximate surface area is 187 Å². The molecule has 0 saturated carbocycles. The van der Waals surface area contributed by atoms with Crippen LogP contribution in [0.3, 0.4) is 0 Å². The minimum atomic E-state index is -5.35. The lowest BCUT2D eigenvalue weighted by molar-refractivity contribution is -0.254. The molecule has 2 aromatic carbocycles. The van der Waals surface area contributed by atoms with E-state index in [-0.39, 0.29) is 11.3 Å². The molecule has 0 bridgehead atoms. The molecule has 6 nitrogen and oxygen atoms in total. The van der Waals surface area contributed by atoms with Crippen molar-refractivity contribution in [2.45, 2.75) is 50.5 Å². The molecule has 0 aliphatic carbocycles. The molecule has 10 heteroatoms. The number of fused-ring (bicyclic) bond motifs is 1. The second-order valence-electron chi connectivity index (χ2n) is 8.49. The highest BCUT2D eigenvalue weighted by atomic mass is 19.4. The fraction of sp³-hybridized carbons (Fsp3) is 0.348. The normalized spacial score (nSPS) is 17.8. The van der Waals surface area contributed by atoms with E-state index in [1.807, 2.05) is 0 Å². The fourth-order valence-corrected chi connectivity index (χ4v) is 3.82. The zero-order valence-electron chi connectivity index (χ0n) is 18.0. The van der Waals surface area contributed by atoms with Crippen LogP contribution >= 0.6 is 0 Å². The van der Waals surface area contributed by atoms with Crippen molar-refractivity contribution in [3.8, 4) is 0 Å². The maximum Gasteiger partial charge on any atom is 0.426 e. The molecule has 0 fully saturated rings. The molecule has 0 spiro atoms. The van der Waals surface area contributed by atoms with Crippen LogP contribution in [0.1, 0.15) is 50.0 Å². The van der Waals surface area contributed by atoms with Crippen LogP contribution in [-0.4, -0.2) is 34.8 Å². The number of nitrogens with zero attached hydrogens (tertiary/aromatic N) is 1. The Morgan fingerprint density at radius 1 is 1.21 bits per heavy atom. The van der Waals surface area contributed by atoms with Gasteiger partial charge in [0, 0.05) is 23.2 Å². The van der Waals surface area contributed by atoms with Gasteiger partial charge in [-0.15, -0.1) is 0 Å². The van der Waals surface area contributed by atoms with Crippen LogP contribution in [0.25, 0.3) is 0 Å². The molecule has 2 unspecified atom stereocenters. The third kappa shape index (κ3) is 4.61. The number of anilines is 1. The van der Waals surface area contributed by atoms with Gasteiger partial charge >= 0.3 is 6.18 Å². The van der Waals surface area contributed by atoms with E-state index in [9.17, 15) is 32.3 Å². The van der Waals surface area contributed by atoms with Crippen LogP contribution in [0.15, 0.2) is 47.6 Å². The highest BCUT2D eigenvalue weighted by Gasteiger charge is 2.61. The first-order valence-corrected chi connectivity index (χ1v) is 9.96. The number of aldehydes is 1. The standard InChI is InChI=1S/C23H22F4N2O4/c1-13-16-10-14(8-9-15(16)19(11-30)33-29-13)28-20(31)22(32,23(25,26)27)12-21(2,3)17-6-4-5-7-18(17)24/h4-11,19,32H,12H2,1-3H3,(H,28,31). The molecule has 1 amide bonds. The molecule has 1 aliphatic heterocycles. The van der Waals surface area contributed by atoms with E-state index in [2.05, 4.69) is 10.5 Å². The summed E-state index contributed by atoms with van der Waals surface area (Å²) in [5.74, 6) is -2.46. The SMILES string of the molecule is CC1=NOC(C=O)c2ccc(NC(=O)C(O)(CC(C)(C)c3ccccc3F)C(F)(F)F)cc21. The topological polar surface area (TPSA) is 88.0 Å². The lowest BCUT2D eigenvalue weighted by Crippen LogP contribution is -2.57. The minimum absolute atomic E-state index is 0.0498. The summed E-state index contributed by atoms with van der Waals surface area (Å²) in [7, 11) is 0. The van der Waals surface area contributed by atoms with Gasteiger partial charge in [0.2, 0.25) is 11.7 Å². The number of carbonyl (C=O) groups excluding carboxylic acids is 2. The van der Waals surface area contributed by atoms with Crippen molar-refractivity contribution < 1.29 is 37.1 Å². The average molecular weight is 466 g/mol. The molecule has 2 N–H and O–H groups in total. The Morgan fingerprint density at radius 3 is 2.48 bits per heavy atom. The van der Waals surface area contributed by atoms with Crippen LogP contribution in [0.4, 0.5) is 23.2 Å². The van der Waals surface area contributed by atoms with Gasteiger partial charge in [0.25, 0.3) is 5.91 Å². The summed E-state index contributed by atoms with van der Waals surface area (Å²) in [5, 5.41) is 16.4. The molecule has 0 saturated heterocycles. The number of alkyl halides is 3. The van der Waals surface area contributed by atoms with Crippen molar-refractivity contribution in [3.05, 3.63) is 65.0 Å². The van der Waals surface area contributed by atoms with E-state index in [0.29, 0.717) is 23.1 Å². The first-order valence-electron chi connectivity index (χ1n) is 9.96. The molecular formula is C23H22F4N2O4. The van der Waals surface area contributed by atoms with Gasteiger partial charge in [-0.1, -0.05) is 43.3 Å². The molecule has 3 rings (SSSR count). The van der Waals surface area contributed by atoms with Crippen LogP contribution in [0.5, 0.6) is 0 Å². The molecule has 2 aromatic rings. The third-order valence-electron chi connectivity index (χ3n) is 5.58. The van der Waals surface area contributed by atoms with Gasteiger partial charge in [0.15, 0.2) is 6.29 Å². The van der Waals surface area contributed by atoms with Crippen molar-refractivity contribution in [1.29, 1.82) is 0 Å². The van der Waals surface area contributed by atoms with Gasteiger partial charge in [0.05, 0.1) is 5.71 Å². The van der Waals surface area contributed by atoms with Crippen LogP contribution in [0, 0.1) is 5.82 Å². The number of halogens is 4. The number of rotatable bonds is 6.